The maximum Gasteiger partial charge on any atom is 0.272 e. The van der Waals surface area contributed by atoms with E-state index < -0.39 is 0 Å². The highest BCUT2D eigenvalue weighted by molar-refractivity contribution is 5.41. The second-order valence-corrected chi connectivity index (χ2v) is 3.89. The number of nitrogens with two attached hydrogens (primary N) is 1. The van der Waals surface area contributed by atoms with Gasteiger partial charge in [0.05, 0.1) is 4.92 Å². The van der Waals surface area contributed by atoms with Crippen molar-refractivity contribution in [3.8, 4) is 0 Å². The normalized spacial score (nSPS) is 12.5. The van der Waals surface area contributed by atoms with Crippen molar-refractivity contribution in [1.29, 1.82) is 0 Å². The first-order chi connectivity index (χ1) is 7.00. The second-order valence-electron chi connectivity index (χ2n) is 3.89. The molecule has 2 N–H and O–H groups in total. The first kappa shape index (κ1) is 11.7. The standard InChI is InChI=1S/C11H16N2O2/c1-8-7-10(4-3-9(2)12)5-6-11(8)13(14)15/h5-7,9H,3-4,12H2,1-2H3/t9-/m0/s1. The van der Waals surface area contributed by atoms with Crippen LogP contribution >= 0.6 is 0 Å². The predicted octanol–water partition coefficient (Wildman–Crippen LogP) is 2.18. The lowest BCUT2D eigenvalue weighted by Crippen LogP contribution is -2.15. The molecule has 82 valence electrons. The van der Waals surface area contributed by atoms with Crippen molar-refractivity contribution in [3.05, 3.63) is 39.4 Å². The zero-order valence-corrected chi connectivity index (χ0v) is 9.06. The van der Waals surface area contributed by atoms with Crippen molar-refractivity contribution in [2.24, 2.45) is 5.73 Å². The van der Waals surface area contributed by atoms with E-state index in [1.54, 1.807) is 19.1 Å². The van der Waals surface area contributed by atoms with Crippen LogP contribution in [0.5, 0.6) is 0 Å². The molecular weight excluding hydrogens is 192 g/mol. The summed E-state index contributed by atoms with van der Waals surface area (Å²) in [6.07, 6.45) is 1.77. The molecule has 0 fully saturated rings. The zero-order valence-electron chi connectivity index (χ0n) is 9.06. The van der Waals surface area contributed by atoms with Gasteiger partial charge in [-0.15, -0.1) is 0 Å². The van der Waals surface area contributed by atoms with E-state index >= 15 is 0 Å². The molecule has 1 aromatic rings. The molecule has 0 radical (unpaired) electrons. The summed E-state index contributed by atoms with van der Waals surface area (Å²) in [5.41, 5.74) is 7.65. The van der Waals surface area contributed by atoms with Gasteiger partial charge in [0.2, 0.25) is 0 Å². The van der Waals surface area contributed by atoms with Gasteiger partial charge in [0.1, 0.15) is 0 Å². The van der Waals surface area contributed by atoms with E-state index in [1.165, 1.54) is 0 Å². The lowest BCUT2D eigenvalue weighted by atomic mass is 10.0. The Kier molecular flexibility index (Phi) is 3.80. The number of rotatable bonds is 4. The fourth-order valence-corrected chi connectivity index (χ4v) is 1.47. The minimum atomic E-state index is -0.356. The van der Waals surface area contributed by atoms with Crippen LogP contribution in [0.1, 0.15) is 24.5 Å². The number of hydrogen-bond acceptors (Lipinski definition) is 3. The molecule has 0 unspecified atom stereocenters. The van der Waals surface area contributed by atoms with Gasteiger partial charge in [0, 0.05) is 17.7 Å². The van der Waals surface area contributed by atoms with E-state index in [9.17, 15) is 10.1 Å². The van der Waals surface area contributed by atoms with Crippen molar-refractivity contribution in [1.82, 2.24) is 0 Å². The maximum atomic E-state index is 10.6. The lowest BCUT2D eigenvalue weighted by Gasteiger charge is -2.05. The topological polar surface area (TPSA) is 69.2 Å². The minimum Gasteiger partial charge on any atom is -0.328 e. The lowest BCUT2D eigenvalue weighted by molar-refractivity contribution is -0.385. The van der Waals surface area contributed by atoms with Crippen LogP contribution < -0.4 is 5.73 Å². The zero-order chi connectivity index (χ0) is 11.4. The van der Waals surface area contributed by atoms with E-state index in [1.807, 2.05) is 13.0 Å². The van der Waals surface area contributed by atoms with E-state index in [4.69, 9.17) is 5.73 Å². The van der Waals surface area contributed by atoms with Gasteiger partial charge in [-0.2, -0.15) is 0 Å². The van der Waals surface area contributed by atoms with Crippen molar-refractivity contribution in [2.75, 3.05) is 0 Å². The molecule has 0 amide bonds. The Balaban J connectivity index is 2.78. The first-order valence-corrected chi connectivity index (χ1v) is 5.00. The molecule has 0 aliphatic carbocycles. The summed E-state index contributed by atoms with van der Waals surface area (Å²) in [5, 5.41) is 10.6. The van der Waals surface area contributed by atoms with Gasteiger partial charge in [-0.3, -0.25) is 10.1 Å². The quantitative estimate of drug-likeness (QED) is 0.609. The van der Waals surface area contributed by atoms with E-state index in [-0.39, 0.29) is 16.7 Å². The molecule has 4 heteroatoms. The van der Waals surface area contributed by atoms with E-state index in [0.717, 1.165) is 18.4 Å². The average molecular weight is 208 g/mol. The molecule has 1 aromatic carbocycles. The van der Waals surface area contributed by atoms with Gasteiger partial charge in [0.25, 0.3) is 5.69 Å². The monoisotopic (exact) mass is 208 g/mol. The summed E-state index contributed by atoms with van der Waals surface area (Å²) in [6, 6.07) is 5.39. The van der Waals surface area contributed by atoms with Gasteiger partial charge in [-0.05, 0) is 38.3 Å². The Morgan fingerprint density at radius 3 is 2.67 bits per heavy atom. The number of nitrogens with zero attached hydrogens (tertiary/aromatic N) is 1. The molecule has 0 aliphatic rings. The smallest absolute Gasteiger partial charge is 0.272 e. The summed E-state index contributed by atoms with van der Waals surface area (Å²) in [6.45, 7) is 3.71. The molecule has 0 aliphatic heterocycles. The molecule has 0 spiro atoms. The van der Waals surface area contributed by atoms with Gasteiger partial charge in [0.15, 0.2) is 0 Å². The molecule has 0 bridgehead atoms. The largest absolute Gasteiger partial charge is 0.328 e. The summed E-state index contributed by atoms with van der Waals surface area (Å²) < 4.78 is 0. The third-order valence-electron chi connectivity index (χ3n) is 2.35. The fraction of sp³-hybridized carbons (Fsp3) is 0.455. The Labute approximate surface area is 89.2 Å². The van der Waals surface area contributed by atoms with Crippen LogP contribution in [0, 0.1) is 17.0 Å². The van der Waals surface area contributed by atoms with Gasteiger partial charge in [-0.25, -0.2) is 0 Å². The number of hydrogen-bond donors (Lipinski definition) is 1. The molecule has 0 saturated heterocycles. The Hall–Kier alpha value is -1.42. The fourth-order valence-electron chi connectivity index (χ4n) is 1.47. The summed E-state index contributed by atoms with van der Waals surface area (Å²) in [7, 11) is 0. The van der Waals surface area contributed by atoms with Crippen LogP contribution in [0.2, 0.25) is 0 Å². The summed E-state index contributed by atoms with van der Waals surface area (Å²) >= 11 is 0. The number of aryl methyl sites for hydroxylation is 2. The summed E-state index contributed by atoms with van der Waals surface area (Å²) in [4.78, 5) is 10.2. The molecule has 15 heavy (non-hydrogen) atoms. The molecular formula is C11H16N2O2. The van der Waals surface area contributed by atoms with Crippen molar-refractivity contribution < 1.29 is 4.92 Å². The van der Waals surface area contributed by atoms with Crippen LogP contribution in [0.15, 0.2) is 18.2 Å². The van der Waals surface area contributed by atoms with Crippen molar-refractivity contribution in [3.63, 3.8) is 0 Å². The van der Waals surface area contributed by atoms with Crippen LogP contribution in [-0.4, -0.2) is 11.0 Å². The molecule has 0 heterocycles. The highest BCUT2D eigenvalue weighted by Crippen LogP contribution is 2.19. The van der Waals surface area contributed by atoms with Gasteiger partial charge in [-0.1, -0.05) is 6.07 Å². The number of nitro benzene ring substituents is 1. The van der Waals surface area contributed by atoms with E-state index in [2.05, 4.69) is 0 Å². The average Bonchev–Trinajstić information content (AvgIpc) is 2.14. The molecule has 4 nitrogen and oxygen atoms in total. The SMILES string of the molecule is Cc1cc(CC[C@H](C)N)ccc1[N+](=O)[O-]. The van der Waals surface area contributed by atoms with Gasteiger partial charge < -0.3 is 5.73 Å². The minimum absolute atomic E-state index is 0.167. The third-order valence-corrected chi connectivity index (χ3v) is 2.35. The number of nitro groups is 1. The van der Waals surface area contributed by atoms with E-state index in [0.29, 0.717) is 5.56 Å². The highest BCUT2D eigenvalue weighted by atomic mass is 16.6. The highest BCUT2D eigenvalue weighted by Gasteiger charge is 2.09. The predicted molar refractivity (Wildman–Crippen MR) is 59.8 cm³/mol. The van der Waals surface area contributed by atoms with Crippen LogP contribution in [0.25, 0.3) is 0 Å². The van der Waals surface area contributed by atoms with Gasteiger partial charge >= 0.3 is 0 Å². The molecule has 0 saturated carbocycles. The second kappa shape index (κ2) is 4.89. The van der Waals surface area contributed by atoms with Crippen LogP contribution in [0.4, 0.5) is 5.69 Å². The van der Waals surface area contributed by atoms with Crippen molar-refractivity contribution >= 4 is 5.69 Å². The first-order valence-electron chi connectivity index (χ1n) is 5.00. The Bertz CT molecular complexity index is 362. The van der Waals surface area contributed by atoms with Crippen LogP contribution in [-0.2, 0) is 6.42 Å². The Morgan fingerprint density at radius 2 is 2.20 bits per heavy atom. The molecule has 1 atom stereocenters. The molecule has 1 rings (SSSR count). The maximum absolute atomic E-state index is 10.6. The Morgan fingerprint density at radius 1 is 1.53 bits per heavy atom. The third kappa shape index (κ3) is 3.32. The summed E-state index contributed by atoms with van der Waals surface area (Å²) in [5.74, 6) is 0. The number of benzene rings is 1. The van der Waals surface area contributed by atoms with Crippen LogP contribution in [0.3, 0.4) is 0 Å². The molecule has 0 aromatic heterocycles. The van der Waals surface area contributed by atoms with Crippen molar-refractivity contribution in [2.45, 2.75) is 32.7 Å².